The summed E-state index contributed by atoms with van der Waals surface area (Å²) < 4.78 is 5.17. The fraction of sp³-hybridized carbons (Fsp3) is 0.833. The maximum absolute atomic E-state index is 12.4. The standard InChI is InChI=1S/C12H20N2O4/c1-18-8-6-9(10(15)16)14(7-8)11(17)12(13)4-2-3-5-12/h8-9H,2-7,13H2,1H3,(H,15,16). The summed E-state index contributed by atoms with van der Waals surface area (Å²) in [6, 6.07) is -0.802. The van der Waals surface area contributed by atoms with Crippen LogP contribution in [-0.4, -0.2) is 53.2 Å². The number of carbonyl (C=O) groups excluding carboxylic acids is 1. The van der Waals surface area contributed by atoms with Crippen LogP contribution >= 0.6 is 0 Å². The predicted octanol–water partition coefficient (Wildman–Crippen LogP) is -0.0416. The van der Waals surface area contributed by atoms with E-state index in [-0.39, 0.29) is 12.0 Å². The van der Waals surface area contributed by atoms with Crippen LogP contribution in [0.4, 0.5) is 0 Å². The summed E-state index contributed by atoms with van der Waals surface area (Å²) in [5.41, 5.74) is 5.24. The first kappa shape index (κ1) is 13.3. The molecule has 0 aromatic rings. The van der Waals surface area contributed by atoms with Crippen LogP contribution in [0.1, 0.15) is 32.1 Å². The van der Waals surface area contributed by atoms with E-state index < -0.39 is 17.6 Å². The number of likely N-dealkylation sites (tertiary alicyclic amines) is 1. The molecule has 6 heteroatoms. The molecule has 18 heavy (non-hydrogen) atoms. The van der Waals surface area contributed by atoms with E-state index in [0.717, 1.165) is 12.8 Å². The molecule has 0 radical (unpaired) electrons. The molecule has 1 aliphatic carbocycles. The van der Waals surface area contributed by atoms with E-state index >= 15 is 0 Å². The van der Waals surface area contributed by atoms with Gasteiger partial charge in [0.05, 0.1) is 11.6 Å². The summed E-state index contributed by atoms with van der Waals surface area (Å²) in [4.78, 5) is 25.0. The molecule has 0 bridgehead atoms. The Morgan fingerprint density at radius 2 is 2.00 bits per heavy atom. The van der Waals surface area contributed by atoms with Crippen molar-refractivity contribution < 1.29 is 19.4 Å². The molecule has 2 fully saturated rings. The molecule has 102 valence electrons. The molecule has 1 heterocycles. The third-order valence-corrected chi connectivity index (χ3v) is 4.06. The second-order valence-electron chi connectivity index (χ2n) is 5.27. The smallest absolute Gasteiger partial charge is 0.326 e. The van der Waals surface area contributed by atoms with Gasteiger partial charge in [-0.25, -0.2) is 4.79 Å². The largest absolute Gasteiger partial charge is 0.480 e. The van der Waals surface area contributed by atoms with Crippen molar-refractivity contribution in [3.8, 4) is 0 Å². The molecule has 3 N–H and O–H groups in total. The van der Waals surface area contributed by atoms with E-state index in [1.54, 1.807) is 0 Å². The maximum Gasteiger partial charge on any atom is 0.326 e. The molecular formula is C12H20N2O4. The van der Waals surface area contributed by atoms with Gasteiger partial charge >= 0.3 is 5.97 Å². The van der Waals surface area contributed by atoms with Crippen molar-refractivity contribution in [3.05, 3.63) is 0 Å². The number of ether oxygens (including phenoxy) is 1. The summed E-state index contributed by atoms with van der Waals surface area (Å²) in [6.07, 6.45) is 3.29. The highest BCUT2D eigenvalue weighted by Crippen LogP contribution is 2.32. The van der Waals surface area contributed by atoms with Gasteiger partial charge in [0.1, 0.15) is 6.04 Å². The molecule has 0 spiro atoms. The van der Waals surface area contributed by atoms with Crippen molar-refractivity contribution >= 4 is 11.9 Å². The van der Waals surface area contributed by atoms with Crippen molar-refractivity contribution in [2.24, 2.45) is 5.73 Å². The highest BCUT2D eigenvalue weighted by atomic mass is 16.5. The molecule has 1 saturated heterocycles. The van der Waals surface area contributed by atoms with Crippen LogP contribution in [0.5, 0.6) is 0 Å². The highest BCUT2D eigenvalue weighted by molar-refractivity contribution is 5.90. The number of hydrogen-bond acceptors (Lipinski definition) is 4. The summed E-state index contributed by atoms with van der Waals surface area (Å²) in [6.45, 7) is 0.325. The Balaban J connectivity index is 2.15. The zero-order valence-corrected chi connectivity index (χ0v) is 10.6. The predicted molar refractivity (Wildman–Crippen MR) is 63.9 cm³/mol. The zero-order chi connectivity index (χ0) is 13.3. The van der Waals surface area contributed by atoms with Gasteiger partial charge in [0.15, 0.2) is 0 Å². The average molecular weight is 256 g/mol. The molecule has 6 nitrogen and oxygen atoms in total. The molecule has 2 unspecified atom stereocenters. The number of nitrogens with zero attached hydrogens (tertiary/aromatic N) is 1. The van der Waals surface area contributed by atoms with Crippen molar-refractivity contribution in [1.82, 2.24) is 4.90 Å². The highest BCUT2D eigenvalue weighted by Gasteiger charge is 2.47. The number of carboxylic acid groups (broad SMARTS) is 1. The van der Waals surface area contributed by atoms with Crippen LogP contribution in [0.2, 0.25) is 0 Å². The van der Waals surface area contributed by atoms with Gasteiger partial charge in [-0.15, -0.1) is 0 Å². The third-order valence-electron chi connectivity index (χ3n) is 4.06. The van der Waals surface area contributed by atoms with E-state index in [1.165, 1.54) is 12.0 Å². The van der Waals surface area contributed by atoms with Crippen molar-refractivity contribution in [1.29, 1.82) is 0 Å². The van der Waals surface area contributed by atoms with Gasteiger partial charge in [0.2, 0.25) is 5.91 Å². The molecule has 2 atom stereocenters. The minimum atomic E-state index is -0.982. The lowest BCUT2D eigenvalue weighted by atomic mass is 9.97. The Morgan fingerprint density at radius 1 is 1.39 bits per heavy atom. The topological polar surface area (TPSA) is 92.9 Å². The quantitative estimate of drug-likeness (QED) is 0.739. The van der Waals surface area contributed by atoms with E-state index in [4.69, 9.17) is 10.5 Å². The number of rotatable bonds is 3. The maximum atomic E-state index is 12.4. The van der Waals surface area contributed by atoms with Crippen molar-refractivity contribution in [2.75, 3.05) is 13.7 Å². The Bertz CT molecular complexity index is 352. The van der Waals surface area contributed by atoms with E-state index in [2.05, 4.69) is 0 Å². The number of carbonyl (C=O) groups is 2. The molecule has 0 aromatic heterocycles. The Hall–Kier alpha value is -1.14. The zero-order valence-electron chi connectivity index (χ0n) is 10.6. The Labute approximate surface area is 106 Å². The number of aliphatic carboxylic acids is 1. The van der Waals surface area contributed by atoms with Gasteiger partial charge in [-0.3, -0.25) is 4.79 Å². The Morgan fingerprint density at radius 3 is 2.50 bits per heavy atom. The van der Waals surface area contributed by atoms with Crippen LogP contribution in [0.25, 0.3) is 0 Å². The first-order valence-electron chi connectivity index (χ1n) is 6.33. The lowest BCUT2D eigenvalue weighted by molar-refractivity contribution is -0.150. The lowest BCUT2D eigenvalue weighted by Crippen LogP contribution is -2.56. The average Bonchev–Trinajstić information content (AvgIpc) is 2.94. The molecule has 0 aromatic carbocycles. The van der Waals surface area contributed by atoms with Crippen molar-refractivity contribution in [3.63, 3.8) is 0 Å². The van der Waals surface area contributed by atoms with Crippen LogP contribution in [0.15, 0.2) is 0 Å². The van der Waals surface area contributed by atoms with E-state index in [9.17, 15) is 14.7 Å². The normalized spacial score (nSPS) is 30.7. The van der Waals surface area contributed by atoms with E-state index in [0.29, 0.717) is 25.8 Å². The molecule has 1 aliphatic heterocycles. The second kappa shape index (κ2) is 4.85. The molecule has 1 saturated carbocycles. The SMILES string of the molecule is COC1CC(C(=O)O)N(C(=O)C2(N)CCCC2)C1. The molecule has 2 aliphatic rings. The first-order valence-corrected chi connectivity index (χ1v) is 6.33. The van der Waals surface area contributed by atoms with Crippen LogP contribution < -0.4 is 5.73 Å². The summed E-state index contributed by atoms with van der Waals surface area (Å²) in [7, 11) is 1.53. The van der Waals surface area contributed by atoms with Gasteiger partial charge in [0.25, 0.3) is 0 Å². The number of hydrogen-bond donors (Lipinski definition) is 2. The summed E-state index contributed by atoms with van der Waals surface area (Å²) in [5, 5.41) is 9.18. The number of nitrogens with two attached hydrogens (primary N) is 1. The first-order chi connectivity index (χ1) is 8.48. The van der Waals surface area contributed by atoms with Crippen molar-refractivity contribution in [2.45, 2.75) is 49.8 Å². The third kappa shape index (κ3) is 2.22. The summed E-state index contributed by atoms with van der Waals surface area (Å²) >= 11 is 0. The monoisotopic (exact) mass is 256 g/mol. The van der Waals surface area contributed by atoms with E-state index in [1.807, 2.05) is 0 Å². The molecule has 1 amide bonds. The fourth-order valence-corrected chi connectivity index (χ4v) is 2.93. The number of methoxy groups -OCH3 is 1. The van der Waals surface area contributed by atoms with Crippen LogP contribution in [-0.2, 0) is 14.3 Å². The Kier molecular flexibility index (Phi) is 3.59. The molecule has 2 rings (SSSR count). The number of amides is 1. The second-order valence-corrected chi connectivity index (χ2v) is 5.27. The summed E-state index contributed by atoms with van der Waals surface area (Å²) in [5.74, 6) is -1.21. The van der Waals surface area contributed by atoms with Crippen LogP contribution in [0.3, 0.4) is 0 Å². The number of carboxylic acids is 1. The molecular weight excluding hydrogens is 236 g/mol. The minimum Gasteiger partial charge on any atom is -0.480 e. The van der Waals surface area contributed by atoms with Gasteiger partial charge < -0.3 is 20.5 Å². The minimum absolute atomic E-state index is 0.208. The van der Waals surface area contributed by atoms with Crippen LogP contribution in [0, 0.1) is 0 Å². The van der Waals surface area contributed by atoms with Gasteiger partial charge in [-0.05, 0) is 12.8 Å². The van der Waals surface area contributed by atoms with Gasteiger partial charge in [0, 0.05) is 20.1 Å². The lowest BCUT2D eigenvalue weighted by Gasteiger charge is -2.31. The fourth-order valence-electron chi connectivity index (χ4n) is 2.93. The van der Waals surface area contributed by atoms with Gasteiger partial charge in [-0.1, -0.05) is 12.8 Å². The van der Waals surface area contributed by atoms with Gasteiger partial charge in [-0.2, -0.15) is 0 Å².